The number of halogens is 1. The van der Waals surface area contributed by atoms with Crippen molar-refractivity contribution in [2.75, 3.05) is 24.5 Å². The van der Waals surface area contributed by atoms with E-state index in [1.54, 1.807) is 4.90 Å². The zero-order valence-corrected chi connectivity index (χ0v) is 13.2. The molecule has 2 saturated heterocycles. The van der Waals surface area contributed by atoms with Crippen LogP contribution in [0.5, 0.6) is 0 Å². The fraction of sp³-hybridized carbons (Fsp3) is 0.471. The maximum Gasteiger partial charge on any atom is 0.308 e. The van der Waals surface area contributed by atoms with E-state index >= 15 is 0 Å². The lowest BCUT2D eigenvalue weighted by atomic mass is 9.96. The number of carboxylic acid groups (broad SMARTS) is 1. The summed E-state index contributed by atoms with van der Waals surface area (Å²) in [6.45, 7) is 0.983. The van der Waals surface area contributed by atoms with Gasteiger partial charge in [-0.3, -0.25) is 14.4 Å². The Labute approximate surface area is 138 Å². The highest BCUT2D eigenvalue weighted by molar-refractivity contribution is 6.00. The normalized spacial score (nSPS) is 24.3. The first-order valence-corrected chi connectivity index (χ1v) is 8.03. The molecule has 2 fully saturated rings. The Bertz CT molecular complexity index is 661. The lowest BCUT2D eigenvalue weighted by Crippen LogP contribution is -2.45. The number of rotatable bonds is 3. The van der Waals surface area contributed by atoms with Crippen LogP contribution in [0.4, 0.5) is 10.1 Å². The van der Waals surface area contributed by atoms with Gasteiger partial charge in [-0.2, -0.15) is 0 Å². The molecule has 0 radical (unpaired) electrons. The second kappa shape index (κ2) is 6.59. The van der Waals surface area contributed by atoms with Gasteiger partial charge in [0.1, 0.15) is 5.82 Å². The molecule has 2 amide bonds. The molecule has 24 heavy (non-hydrogen) atoms. The van der Waals surface area contributed by atoms with Crippen LogP contribution in [0.3, 0.4) is 0 Å². The lowest BCUT2D eigenvalue weighted by Gasteiger charge is -2.32. The Kier molecular flexibility index (Phi) is 4.51. The van der Waals surface area contributed by atoms with Crippen LogP contribution in [0.15, 0.2) is 24.3 Å². The molecule has 7 heteroatoms. The molecule has 128 valence electrons. The molecule has 0 saturated carbocycles. The van der Waals surface area contributed by atoms with Gasteiger partial charge in [-0.05, 0) is 37.1 Å². The van der Waals surface area contributed by atoms with Crippen molar-refractivity contribution in [3.63, 3.8) is 0 Å². The number of carbonyl (C=O) groups excluding carboxylic acids is 2. The van der Waals surface area contributed by atoms with Crippen molar-refractivity contribution in [3.8, 4) is 0 Å². The van der Waals surface area contributed by atoms with Crippen molar-refractivity contribution in [2.45, 2.75) is 19.3 Å². The molecule has 2 heterocycles. The maximum atomic E-state index is 13.0. The highest BCUT2D eigenvalue weighted by Crippen LogP contribution is 2.28. The third-order valence-corrected chi connectivity index (χ3v) is 4.69. The van der Waals surface area contributed by atoms with E-state index < -0.39 is 17.8 Å². The quantitative estimate of drug-likeness (QED) is 0.909. The van der Waals surface area contributed by atoms with E-state index in [9.17, 15) is 18.8 Å². The van der Waals surface area contributed by atoms with Crippen molar-refractivity contribution < 1.29 is 23.9 Å². The second-order valence-corrected chi connectivity index (χ2v) is 6.34. The van der Waals surface area contributed by atoms with Crippen LogP contribution in [0.25, 0.3) is 0 Å². The number of carboxylic acids is 1. The molecule has 3 rings (SSSR count). The number of hydrogen-bond acceptors (Lipinski definition) is 3. The summed E-state index contributed by atoms with van der Waals surface area (Å²) in [5.74, 6) is -2.62. The lowest BCUT2D eigenvalue weighted by molar-refractivity contribution is -0.146. The summed E-state index contributed by atoms with van der Waals surface area (Å²) >= 11 is 0. The maximum absolute atomic E-state index is 13.0. The highest BCUT2D eigenvalue weighted by atomic mass is 19.1. The first-order chi connectivity index (χ1) is 11.5. The number of benzene rings is 1. The van der Waals surface area contributed by atoms with Gasteiger partial charge < -0.3 is 14.9 Å². The second-order valence-electron chi connectivity index (χ2n) is 6.34. The van der Waals surface area contributed by atoms with E-state index in [1.807, 2.05) is 0 Å². The number of carbonyl (C=O) groups is 3. The van der Waals surface area contributed by atoms with E-state index in [4.69, 9.17) is 5.11 Å². The smallest absolute Gasteiger partial charge is 0.308 e. The van der Waals surface area contributed by atoms with E-state index in [2.05, 4.69) is 0 Å². The van der Waals surface area contributed by atoms with E-state index in [0.717, 1.165) is 0 Å². The summed E-state index contributed by atoms with van der Waals surface area (Å²) in [6, 6.07) is 5.59. The Balaban J connectivity index is 1.67. The average molecular weight is 334 g/mol. The number of nitrogens with zero attached hydrogens (tertiary/aromatic N) is 2. The zero-order chi connectivity index (χ0) is 17.3. The first-order valence-electron chi connectivity index (χ1n) is 8.03. The van der Waals surface area contributed by atoms with Crippen LogP contribution in [0, 0.1) is 17.7 Å². The SMILES string of the molecule is O=C(O)[C@@H]1CCCN(C(=O)[C@H]2CC(=O)N(c3ccc(F)cc3)C2)C1. The number of hydrogen-bond donors (Lipinski definition) is 1. The fourth-order valence-corrected chi connectivity index (χ4v) is 3.38. The zero-order valence-electron chi connectivity index (χ0n) is 13.2. The van der Waals surface area contributed by atoms with E-state index in [0.29, 0.717) is 25.1 Å². The molecule has 2 aliphatic rings. The number of amides is 2. The molecule has 0 aliphatic carbocycles. The predicted octanol–water partition coefficient (Wildman–Crippen LogP) is 1.50. The molecule has 6 nitrogen and oxygen atoms in total. The Morgan fingerprint density at radius 2 is 1.83 bits per heavy atom. The van der Waals surface area contributed by atoms with Crippen LogP contribution >= 0.6 is 0 Å². The van der Waals surface area contributed by atoms with E-state index in [1.165, 1.54) is 29.2 Å². The molecule has 0 aromatic heterocycles. The van der Waals surface area contributed by atoms with Gasteiger partial charge in [0.15, 0.2) is 0 Å². The summed E-state index contributed by atoms with van der Waals surface area (Å²) in [6.07, 6.45) is 1.33. The van der Waals surface area contributed by atoms with Crippen LogP contribution < -0.4 is 4.90 Å². The fourth-order valence-electron chi connectivity index (χ4n) is 3.38. The predicted molar refractivity (Wildman–Crippen MR) is 83.8 cm³/mol. The van der Waals surface area contributed by atoms with Crippen molar-refractivity contribution in [2.24, 2.45) is 11.8 Å². The molecule has 1 aromatic carbocycles. The van der Waals surface area contributed by atoms with E-state index in [-0.39, 0.29) is 37.1 Å². The molecular formula is C17H19FN2O4. The largest absolute Gasteiger partial charge is 0.481 e. The van der Waals surface area contributed by atoms with Crippen molar-refractivity contribution in [1.29, 1.82) is 0 Å². The standard InChI is InChI=1S/C17H19FN2O4/c18-13-3-5-14(6-4-13)20-10-12(8-15(20)21)16(22)19-7-1-2-11(9-19)17(23)24/h3-6,11-12H,1-2,7-10H2,(H,23,24)/t11-,12+/m1/s1. The third-order valence-electron chi connectivity index (χ3n) is 4.69. The molecule has 2 atom stereocenters. The average Bonchev–Trinajstić information content (AvgIpc) is 2.97. The van der Waals surface area contributed by atoms with Gasteiger partial charge in [0.05, 0.1) is 11.8 Å². The van der Waals surface area contributed by atoms with Crippen LogP contribution in [-0.4, -0.2) is 47.4 Å². The summed E-state index contributed by atoms with van der Waals surface area (Å²) in [4.78, 5) is 39.0. The van der Waals surface area contributed by atoms with Gasteiger partial charge in [0.2, 0.25) is 11.8 Å². The van der Waals surface area contributed by atoms with Gasteiger partial charge in [-0.15, -0.1) is 0 Å². The van der Waals surface area contributed by atoms with Gasteiger partial charge >= 0.3 is 5.97 Å². The minimum absolute atomic E-state index is 0.102. The first kappa shape index (κ1) is 16.4. The molecule has 1 N–H and O–H groups in total. The molecular weight excluding hydrogens is 315 g/mol. The van der Waals surface area contributed by atoms with Crippen LogP contribution in [0.2, 0.25) is 0 Å². The number of aliphatic carboxylic acids is 1. The highest BCUT2D eigenvalue weighted by Gasteiger charge is 2.39. The Hall–Kier alpha value is -2.44. The van der Waals surface area contributed by atoms with Crippen LogP contribution in [0.1, 0.15) is 19.3 Å². The van der Waals surface area contributed by atoms with Crippen molar-refractivity contribution >= 4 is 23.5 Å². The monoisotopic (exact) mass is 334 g/mol. The molecule has 2 aliphatic heterocycles. The minimum atomic E-state index is -0.886. The van der Waals surface area contributed by atoms with Crippen molar-refractivity contribution in [3.05, 3.63) is 30.1 Å². The number of anilines is 1. The summed E-state index contributed by atoms with van der Waals surface area (Å²) in [7, 11) is 0. The summed E-state index contributed by atoms with van der Waals surface area (Å²) in [5.41, 5.74) is 0.568. The molecule has 0 bridgehead atoms. The molecule has 0 unspecified atom stereocenters. The van der Waals surface area contributed by atoms with Crippen LogP contribution in [-0.2, 0) is 14.4 Å². The summed E-state index contributed by atoms with van der Waals surface area (Å²) < 4.78 is 13.0. The Morgan fingerprint density at radius 1 is 1.12 bits per heavy atom. The minimum Gasteiger partial charge on any atom is -0.481 e. The molecule has 1 aromatic rings. The van der Waals surface area contributed by atoms with Gasteiger partial charge in [0, 0.05) is 31.7 Å². The topological polar surface area (TPSA) is 77.9 Å². The molecule has 0 spiro atoms. The Morgan fingerprint density at radius 3 is 2.50 bits per heavy atom. The van der Waals surface area contributed by atoms with Gasteiger partial charge in [-0.25, -0.2) is 4.39 Å². The van der Waals surface area contributed by atoms with Gasteiger partial charge in [-0.1, -0.05) is 0 Å². The summed E-state index contributed by atoms with van der Waals surface area (Å²) in [5, 5.41) is 9.13. The third kappa shape index (κ3) is 3.25. The number of piperidine rings is 1. The van der Waals surface area contributed by atoms with Gasteiger partial charge in [0.25, 0.3) is 0 Å². The number of likely N-dealkylation sites (tertiary alicyclic amines) is 1. The van der Waals surface area contributed by atoms with Crippen molar-refractivity contribution in [1.82, 2.24) is 4.90 Å².